The molecule has 0 unspecified atom stereocenters. The van der Waals surface area contributed by atoms with Gasteiger partial charge in [0.15, 0.2) is 0 Å². The largest absolute Gasteiger partial charge is 0.395 e. The molecule has 1 aromatic carbocycles. The first kappa shape index (κ1) is 10.3. The first-order valence-electron chi connectivity index (χ1n) is 4.56. The van der Waals surface area contributed by atoms with Crippen LogP contribution >= 0.6 is 15.9 Å². The third-order valence-corrected chi connectivity index (χ3v) is 2.43. The number of aromatic nitrogens is 2. The van der Waals surface area contributed by atoms with Crippen molar-refractivity contribution in [3.8, 4) is 0 Å². The second-order valence-corrected chi connectivity index (χ2v) is 3.96. The average Bonchev–Trinajstić information content (AvgIpc) is 2.25. The van der Waals surface area contributed by atoms with Crippen LogP contribution in [0.4, 0.5) is 5.95 Å². The molecular weight excluding hydrogens is 258 g/mol. The zero-order valence-electron chi connectivity index (χ0n) is 7.94. The molecule has 78 valence electrons. The van der Waals surface area contributed by atoms with Crippen LogP contribution in [0.5, 0.6) is 0 Å². The number of hydrogen-bond donors (Lipinski definition) is 2. The molecule has 0 aliphatic heterocycles. The Kier molecular flexibility index (Phi) is 3.13. The SMILES string of the molecule is OCCNc1ncc2ccc(Br)cc2n1. The van der Waals surface area contributed by atoms with Crippen LogP contribution < -0.4 is 5.32 Å². The van der Waals surface area contributed by atoms with Crippen molar-refractivity contribution in [1.29, 1.82) is 0 Å². The Morgan fingerprint density at radius 1 is 1.40 bits per heavy atom. The van der Waals surface area contributed by atoms with Gasteiger partial charge in [-0.25, -0.2) is 9.97 Å². The van der Waals surface area contributed by atoms with Gasteiger partial charge in [0.25, 0.3) is 0 Å². The van der Waals surface area contributed by atoms with E-state index in [0.29, 0.717) is 12.5 Å². The molecule has 0 fully saturated rings. The molecule has 1 heterocycles. The Bertz CT molecular complexity index is 475. The molecule has 0 atom stereocenters. The quantitative estimate of drug-likeness (QED) is 0.891. The summed E-state index contributed by atoms with van der Waals surface area (Å²) in [6.07, 6.45) is 1.76. The number of halogens is 1. The van der Waals surface area contributed by atoms with Gasteiger partial charge in [0, 0.05) is 22.6 Å². The van der Waals surface area contributed by atoms with Crippen molar-refractivity contribution in [3.63, 3.8) is 0 Å². The highest BCUT2D eigenvalue weighted by Crippen LogP contribution is 2.18. The fourth-order valence-electron chi connectivity index (χ4n) is 1.25. The standard InChI is InChI=1S/C10H10BrN3O/c11-8-2-1-7-6-13-10(12-3-4-15)14-9(7)5-8/h1-2,5-6,15H,3-4H2,(H,12,13,14). The van der Waals surface area contributed by atoms with Gasteiger partial charge < -0.3 is 10.4 Å². The summed E-state index contributed by atoms with van der Waals surface area (Å²) in [6.45, 7) is 0.527. The lowest BCUT2D eigenvalue weighted by Crippen LogP contribution is -2.08. The highest BCUT2D eigenvalue weighted by atomic mass is 79.9. The normalized spacial score (nSPS) is 10.5. The van der Waals surface area contributed by atoms with Gasteiger partial charge in [-0.05, 0) is 12.1 Å². The lowest BCUT2D eigenvalue weighted by molar-refractivity contribution is 0.311. The van der Waals surface area contributed by atoms with Crippen molar-refractivity contribution in [2.24, 2.45) is 0 Å². The minimum Gasteiger partial charge on any atom is -0.395 e. The van der Waals surface area contributed by atoms with E-state index in [1.54, 1.807) is 6.20 Å². The minimum absolute atomic E-state index is 0.0693. The maximum Gasteiger partial charge on any atom is 0.223 e. The molecule has 2 N–H and O–H groups in total. The fraction of sp³-hybridized carbons (Fsp3) is 0.200. The topological polar surface area (TPSA) is 58.0 Å². The molecular formula is C10H10BrN3O. The third-order valence-electron chi connectivity index (χ3n) is 1.94. The van der Waals surface area contributed by atoms with Gasteiger partial charge in [0.05, 0.1) is 12.1 Å². The average molecular weight is 268 g/mol. The molecule has 0 radical (unpaired) electrons. The lowest BCUT2D eigenvalue weighted by atomic mass is 10.2. The summed E-state index contributed by atoms with van der Waals surface area (Å²) in [5.74, 6) is 0.537. The number of aliphatic hydroxyl groups excluding tert-OH is 1. The first-order valence-corrected chi connectivity index (χ1v) is 5.36. The smallest absolute Gasteiger partial charge is 0.223 e. The summed E-state index contributed by atoms with van der Waals surface area (Å²) in [4.78, 5) is 8.44. The monoisotopic (exact) mass is 267 g/mol. The van der Waals surface area contributed by atoms with Crippen LogP contribution in [0, 0.1) is 0 Å². The fourth-order valence-corrected chi connectivity index (χ4v) is 1.60. The first-order chi connectivity index (χ1) is 7.29. The van der Waals surface area contributed by atoms with Crippen molar-refractivity contribution in [1.82, 2.24) is 9.97 Å². The molecule has 4 nitrogen and oxygen atoms in total. The number of rotatable bonds is 3. The van der Waals surface area contributed by atoms with Crippen LogP contribution in [-0.4, -0.2) is 28.2 Å². The Labute approximate surface area is 95.5 Å². The molecule has 0 aliphatic rings. The van der Waals surface area contributed by atoms with E-state index in [-0.39, 0.29) is 6.61 Å². The minimum atomic E-state index is 0.0693. The summed E-state index contributed by atoms with van der Waals surface area (Å²) >= 11 is 3.39. The summed E-state index contributed by atoms with van der Waals surface area (Å²) in [7, 11) is 0. The van der Waals surface area contributed by atoms with Crippen LogP contribution in [0.3, 0.4) is 0 Å². The zero-order valence-corrected chi connectivity index (χ0v) is 9.53. The van der Waals surface area contributed by atoms with E-state index in [1.165, 1.54) is 0 Å². The van der Waals surface area contributed by atoms with Gasteiger partial charge in [-0.1, -0.05) is 22.0 Å². The lowest BCUT2D eigenvalue weighted by Gasteiger charge is -2.03. The number of hydrogen-bond acceptors (Lipinski definition) is 4. The van der Waals surface area contributed by atoms with Crippen molar-refractivity contribution in [2.75, 3.05) is 18.5 Å². The van der Waals surface area contributed by atoms with Crippen molar-refractivity contribution in [3.05, 3.63) is 28.9 Å². The van der Waals surface area contributed by atoms with E-state index in [0.717, 1.165) is 15.4 Å². The molecule has 0 saturated heterocycles. The molecule has 2 aromatic rings. The molecule has 0 aliphatic carbocycles. The van der Waals surface area contributed by atoms with E-state index in [9.17, 15) is 0 Å². The van der Waals surface area contributed by atoms with Gasteiger partial charge in [0.2, 0.25) is 5.95 Å². The van der Waals surface area contributed by atoms with Crippen LogP contribution in [0.25, 0.3) is 10.9 Å². The van der Waals surface area contributed by atoms with Crippen LogP contribution in [0.1, 0.15) is 0 Å². The third kappa shape index (κ3) is 2.43. The maximum atomic E-state index is 8.66. The Hall–Kier alpha value is -1.20. The van der Waals surface area contributed by atoms with Crippen LogP contribution in [-0.2, 0) is 0 Å². The van der Waals surface area contributed by atoms with E-state index in [2.05, 4.69) is 31.2 Å². The zero-order chi connectivity index (χ0) is 10.7. The molecule has 0 bridgehead atoms. The summed E-state index contributed by atoms with van der Waals surface area (Å²) < 4.78 is 0.988. The van der Waals surface area contributed by atoms with E-state index in [1.807, 2.05) is 18.2 Å². The number of fused-ring (bicyclic) bond motifs is 1. The predicted octanol–water partition coefficient (Wildman–Crippen LogP) is 1.80. The van der Waals surface area contributed by atoms with Gasteiger partial charge in [-0.3, -0.25) is 0 Å². The number of anilines is 1. The van der Waals surface area contributed by atoms with E-state index >= 15 is 0 Å². The number of nitrogens with zero attached hydrogens (tertiary/aromatic N) is 2. The summed E-state index contributed by atoms with van der Waals surface area (Å²) in [5, 5.41) is 12.6. The van der Waals surface area contributed by atoms with Crippen LogP contribution in [0.15, 0.2) is 28.9 Å². The van der Waals surface area contributed by atoms with Gasteiger partial charge in [-0.2, -0.15) is 0 Å². The Morgan fingerprint density at radius 3 is 3.07 bits per heavy atom. The highest BCUT2D eigenvalue weighted by molar-refractivity contribution is 9.10. The van der Waals surface area contributed by atoms with Crippen LogP contribution in [0.2, 0.25) is 0 Å². The molecule has 1 aromatic heterocycles. The molecule has 5 heteroatoms. The molecule has 0 spiro atoms. The maximum absolute atomic E-state index is 8.66. The molecule has 0 saturated carbocycles. The van der Waals surface area contributed by atoms with Gasteiger partial charge in [-0.15, -0.1) is 0 Å². The van der Waals surface area contributed by atoms with Crippen molar-refractivity contribution < 1.29 is 5.11 Å². The second kappa shape index (κ2) is 4.55. The van der Waals surface area contributed by atoms with Gasteiger partial charge >= 0.3 is 0 Å². The van der Waals surface area contributed by atoms with Gasteiger partial charge in [0.1, 0.15) is 0 Å². The number of benzene rings is 1. The number of nitrogens with one attached hydrogen (secondary N) is 1. The predicted molar refractivity (Wildman–Crippen MR) is 62.8 cm³/mol. The van der Waals surface area contributed by atoms with E-state index < -0.39 is 0 Å². The number of aliphatic hydroxyl groups is 1. The highest BCUT2D eigenvalue weighted by Gasteiger charge is 1.99. The second-order valence-electron chi connectivity index (χ2n) is 3.05. The summed E-state index contributed by atoms with van der Waals surface area (Å²) in [6, 6.07) is 5.84. The van der Waals surface area contributed by atoms with Crippen molar-refractivity contribution in [2.45, 2.75) is 0 Å². The summed E-state index contributed by atoms with van der Waals surface area (Å²) in [5.41, 5.74) is 0.875. The molecule has 15 heavy (non-hydrogen) atoms. The Balaban J connectivity index is 2.36. The molecule has 2 rings (SSSR count). The Morgan fingerprint density at radius 2 is 2.27 bits per heavy atom. The molecule has 0 amide bonds. The van der Waals surface area contributed by atoms with E-state index in [4.69, 9.17) is 5.11 Å². The van der Waals surface area contributed by atoms with Crippen molar-refractivity contribution >= 4 is 32.8 Å².